The largest absolute Gasteiger partial charge is 0.369 e. The standard InChI is InChI=1S/C15H20N2O2/c1-2-17(10-15(16)19)9-14(18)13-7-6-11-4-3-5-12(11)8-13/h6-8H,2-5,9-10H2,1H3,(H2,16,19). The maximum absolute atomic E-state index is 12.2. The van der Waals surface area contributed by atoms with Crippen molar-refractivity contribution in [1.29, 1.82) is 0 Å². The lowest BCUT2D eigenvalue weighted by Crippen LogP contribution is -2.37. The van der Waals surface area contributed by atoms with E-state index in [1.165, 1.54) is 17.5 Å². The van der Waals surface area contributed by atoms with E-state index in [2.05, 4.69) is 6.07 Å². The van der Waals surface area contributed by atoms with Gasteiger partial charge < -0.3 is 5.73 Å². The molecule has 0 unspecified atom stereocenters. The van der Waals surface area contributed by atoms with E-state index in [-0.39, 0.29) is 18.9 Å². The van der Waals surface area contributed by atoms with Crippen LogP contribution in [0.25, 0.3) is 0 Å². The number of primary amides is 1. The summed E-state index contributed by atoms with van der Waals surface area (Å²) in [6, 6.07) is 5.95. The number of nitrogens with two attached hydrogens (primary N) is 1. The van der Waals surface area contributed by atoms with Crippen molar-refractivity contribution in [2.45, 2.75) is 26.2 Å². The summed E-state index contributed by atoms with van der Waals surface area (Å²) >= 11 is 0. The zero-order valence-corrected chi connectivity index (χ0v) is 11.3. The minimum atomic E-state index is -0.399. The Labute approximate surface area is 113 Å². The second-order valence-electron chi connectivity index (χ2n) is 5.03. The molecule has 2 N–H and O–H groups in total. The molecule has 0 bridgehead atoms. The number of fused-ring (bicyclic) bond motifs is 1. The van der Waals surface area contributed by atoms with Gasteiger partial charge in [-0.2, -0.15) is 0 Å². The summed E-state index contributed by atoms with van der Waals surface area (Å²) in [5.41, 5.74) is 8.56. The molecule has 102 valence electrons. The average Bonchev–Trinajstić information content (AvgIpc) is 2.84. The molecule has 4 nitrogen and oxygen atoms in total. The zero-order valence-electron chi connectivity index (χ0n) is 11.3. The van der Waals surface area contributed by atoms with Crippen LogP contribution in [-0.2, 0) is 17.6 Å². The quantitative estimate of drug-likeness (QED) is 0.781. The number of ketones is 1. The van der Waals surface area contributed by atoms with Gasteiger partial charge in [-0.25, -0.2) is 0 Å². The Kier molecular flexibility index (Phi) is 4.32. The van der Waals surface area contributed by atoms with E-state index in [1.54, 1.807) is 4.90 Å². The predicted octanol–water partition coefficient (Wildman–Crippen LogP) is 1.17. The van der Waals surface area contributed by atoms with Gasteiger partial charge in [0, 0.05) is 5.56 Å². The van der Waals surface area contributed by atoms with E-state index in [0.29, 0.717) is 6.54 Å². The van der Waals surface area contributed by atoms with Gasteiger partial charge in [0.25, 0.3) is 0 Å². The molecule has 4 heteroatoms. The van der Waals surface area contributed by atoms with Crippen molar-refractivity contribution < 1.29 is 9.59 Å². The number of rotatable bonds is 6. The maximum atomic E-state index is 12.2. The highest BCUT2D eigenvalue weighted by Crippen LogP contribution is 2.23. The van der Waals surface area contributed by atoms with Gasteiger partial charge in [0.1, 0.15) is 0 Å². The fourth-order valence-electron chi connectivity index (χ4n) is 2.54. The molecule has 2 rings (SSSR count). The highest BCUT2D eigenvalue weighted by molar-refractivity contribution is 5.98. The summed E-state index contributed by atoms with van der Waals surface area (Å²) in [5, 5.41) is 0. The van der Waals surface area contributed by atoms with Crippen molar-refractivity contribution in [2.24, 2.45) is 5.73 Å². The van der Waals surface area contributed by atoms with Crippen molar-refractivity contribution in [3.63, 3.8) is 0 Å². The van der Waals surface area contributed by atoms with Crippen molar-refractivity contribution >= 4 is 11.7 Å². The Balaban J connectivity index is 2.05. The van der Waals surface area contributed by atoms with Crippen LogP contribution in [0.15, 0.2) is 18.2 Å². The van der Waals surface area contributed by atoms with Crippen LogP contribution in [0.2, 0.25) is 0 Å². The third-order valence-corrected chi connectivity index (χ3v) is 3.61. The van der Waals surface area contributed by atoms with Crippen molar-refractivity contribution in [1.82, 2.24) is 4.90 Å². The molecule has 0 atom stereocenters. The number of hydrogen-bond acceptors (Lipinski definition) is 3. The summed E-state index contributed by atoms with van der Waals surface area (Å²) < 4.78 is 0. The average molecular weight is 260 g/mol. The Morgan fingerprint density at radius 3 is 2.63 bits per heavy atom. The van der Waals surface area contributed by atoms with Gasteiger partial charge >= 0.3 is 0 Å². The number of aryl methyl sites for hydroxylation is 2. The van der Waals surface area contributed by atoms with E-state index in [4.69, 9.17) is 5.73 Å². The van der Waals surface area contributed by atoms with Gasteiger partial charge in [0.2, 0.25) is 5.91 Å². The Morgan fingerprint density at radius 1 is 1.21 bits per heavy atom. The number of benzene rings is 1. The number of nitrogens with zero attached hydrogens (tertiary/aromatic N) is 1. The Morgan fingerprint density at radius 2 is 1.95 bits per heavy atom. The first-order valence-corrected chi connectivity index (χ1v) is 6.75. The van der Waals surface area contributed by atoms with Gasteiger partial charge in [-0.3, -0.25) is 14.5 Å². The van der Waals surface area contributed by atoms with Crippen LogP contribution in [-0.4, -0.2) is 36.2 Å². The van der Waals surface area contributed by atoms with Crippen molar-refractivity contribution in [2.75, 3.05) is 19.6 Å². The van der Waals surface area contributed by atoms with Crippen LogP contribution in [0.5, 0.6) is 0 Å². The summed E-state index contributed by atoms with van der Waals surface area (Å²) in [7, 11) is 0. The lowest BCUT2D eigenvalue weighted by Gasteiger charge is -2.17. The second-order valence-corrected chi connectivity index (χ2v) is 5.03. The van der Waals surface area contributed by atoms with Gasteiger partial charge in [-0.15, -0.1) is 0 Å². The van der Waals surface area contributed by atoms with E-state index in [0.717, 1.165) is 18.4 Å². The number of amides is 1. The molecular weight excluding hydrogens is 240 g/mol. The molecule has 0 fully saturated rings. The minimum absolute atomic E-state index is 0.0535. The lowest BCUT2D eigenvalue weighted by molar-refractivity contribution is -0.118. The van der Waals surface area contributed by atoms with E-state index in [1.807, 2.05) is 19.1 Å². The first kappa shape index (κ1) is 13.7. The summed E-state index contributed by atoms with van der Waals surface area (Å²) in [6.45, 7) is 2.93. The summed E-state index contributed by atoms with van der Waals surface area (Å²) in [4.78, 5) is 24.9. The molecule has 0 aromatic heterocycles. The number of hydrogen-bond donors (Lipinski definition) is 1. The SMILES string of the molecule is CCN(CC(N)=O)CC(=O)c1ccc2c(c1)CCC2. The molecule has 1 amide bonds. The van der Waals surface area contributed by atoms with Crippen LogP contribution in [0.4, 0.5) is 0 Å². The van der Waals surface area contributed by atoms with Crippen LogP contribution >= 0.6 is 0 Å². The van der Waals surface area contributed by atoms with E-state index < -0.39 is 5.91 Å². The third-order valence-electron chi connectivity index (χ3n) is 3.61. The van der Waals surface area contributed by atoms with Crippen LogP contribution in [0.3, 0.4) is 0 Å². The number of likely N-dealkylation sites (N-methyl/N-ethyl adjacent to an activating group) is 1. The normalized spacial score (nSPS) is 13.6. The highest BCUT2D eigenvalue weighted by atomic mass is 16.1. The van der Waals surface area contributed by atoms with Gasteiger partial charge in [0.05, 0.1) is 13.1 Å². The fourth-order valence-corrected chi connectivity index (χ4v) is 2.54. The monoisotopic (exact) mass is 260 g/mol. The Bertz CT molecular complexity index is 497. The first-order valence-electron chi connectivity index (χ1n) is 6.75. The molecule has 1 aliphatic rings. The molecule has 0 saturated carbocycles. The maximum Gasteiger partial charge on any atom is 0.231 e. The predicted molar refractivity (Wildman–Crippen MR) is 74.1 cm³/mol. The summed E-state index contributed by atoms with van der Waals surface area (Å²) in [6.07, 6.45) is 3.36. The highest BCUT2D eigenvalue weighted by Gasteiger charge is 2.16. The van der Waals surface area contributed by atoms with Gasteiger partial charge in [-0.05, 0) is 43.0 Å². The van der Waals surface area contributed by atoms with Crippen LogP contribution < -0.4 is 5.73 Å². The van der Waals surface area contributed by atoms with Crippen molar-refractivity contribution in [3.8, 4) is 0 Å². The molecule has 0 radical (unpaired) electrons. The minimum Gasteiger partial charge on any atom is -0.369 e. The first-order chi connectivity index (χ1) is 9.10. The molecule has 1 aliphatic carbocycles. The fraction of sp³-hybridized carbons (Fsp3) is 0.467. The van der Waals surface area contributed by atoms with Crippen LogP contribution in [0, 0.1) is 0 Å². The van der Waals surface area contributed by atoms with Crippen molar-refractivity contribution in [3.05, 3.63) is 34.9 Å². The Hall–Kier alpha value is -1.68. The number of carbonyl (C=O) groups excluding carboxylic acids is 2. The topological polar surface area (TPSA) is 63.4 Å². The molecular formula is C15H20N2O2. The number of carbonyl (C=O) groups is 2. The lowest BCUT2D eigenvalue weighted by atomic mass is 10.0. The van der Waals surface area contributed by atoms with Gasteiger partial charge in [-0.1, -0.05) is 19.1 Å². The third kappa shape index (κ3) is 3.41. The molecule has 0 spiro atoms. The molecule has 0 saturated heterocycles. The van der Waals surface area contributed by atoms with E-state index in [9.17, 15) is 9.59 Å². The molecule has 1 aromatic rings. The number of Topliss-reactive ketones (excluding diaryl/α,β-unsaturated/α-hetero) is 1. The summed E-state index contributed by atoms with van der Waals surface area (Å²) in [5.74, 6) is -0.346. The molecule has 1 aromatic carbocycles. The molecule has 0 aliphatic heterocycles. The second kappa shape index (κ2) is 5.97. The van der Waals surface area contributed by atoms with Gasteiger partial charge in [0.15, 0.2) is 5.78 Å². The van der Waals surface area contributed by atoms with E-state index >= 15 is 0 Å². The molecule has 0 heterocycles. The smallest absolute Gasteiger partial charge is 0.231 e. The zero-order chi connectivity index (χ0) is 13.8. The molecule has 19 heavy (non-hydrogen) atoms. The van der Waals surface area contributed by atoms with Crippen LogP contribution in [0.1, 0.15) is 34.8 Å².